The van der Waals surface area contributed by atoms with Crippen LogP contribution in [0.25, 0.3) is 0 Å². The second kappa shape index (κ2) is 6.28. The quantitative estimate of drug-likeness (QED) is 0.326. The van der Waals surface area contributed by atoms with Crippen molar-refractivity contribution in [3.63, 3.8) is 0 Å². The maximum atomic E-state index is 12.4. The van der Waals surface area contributed by atoms with Crippen LogP contribution >= 0.6 is 0 Å². The predicted molar refractivity (Wildman–Crippen MR) is 64.3 cm³/mol. The molecule has 0 atom stereocenters. The molecule has 0 heterocycles. The molecule has 19 heavy (non-hydrogen) atoms. The molecule has 0 aliphatic rings. The molecule has 0 aliphatic heterocycles. The molecule has 1 rings (SSSR count). The zero-order valence-corrected chi connectivity index (χ0v) is 9.93. The summed E-state index contributed by atoms with van der Waals surface area (Å²) < 4.78 is 37.1. The first kappa shape index (κ1) is 15.1. The second-order valence-electron chi connectivity index (χ2n) is 3.79. The van der Waals surface area contributed by atoms with Crippen LogP contribution in [0.1, 0.15) is 5.56 Å². The summed E-state index contributed by atoms with van der Waals surface area (Å²) in [6, 6.07) is 5.69. The highest BCUT2D eigenvalue weighted by Crippen LogP contribution is 2.22. The molecule has 106 valence electrons. The van der Waals surface area contributed by atoms with Crippen molar-refractivity contribution >= 4 is 11.5 Å². The summed E-state index contributed by atoms with van der Waals surface area (Å²) in [7, 11) is 0. The van der Waals surface area contributed by atoms with Crippen molar-refractivity contribution < 1.29 is 23.5 Å². The third kappa shape index (κ3) is 4.66. The summed E-state index contributed by atoms with van der Waals surface area (Å²) in [6.07, 6.45) is -4.36. The van der Waals surface area contributed by atoms with Crippen molar-refractivity contribution in [1.82, 2.24) is 0 Å². The van der Waals surface area contributed by atoms with E-state index < -0.39 is 19.3 Å². The number of hydrogen-bond acceptors (Lipinski definition) is 4. The molecule has 0 aliphatic carbocycles. The molecule has 0 spiro atoms. The highest BCUT2D eigenvalue weighted by Gasteiger charge is 2.30. The van der Waals surface area contributed by atoms with Gasteiger partial charge < -0.3 is 20.9 Å². The molecule has 0 fully saturated rings. The first-order valence-electron chi connectivity index (χ1n) is 5.38. The summed E-state index contributed by atoms with van der Waals surface area (Å²) in [5.74, 6) is -0.129. The van der Waals surface area contributed by atoms with E-state index in [0.717, 1.165) is 4.90 Å². The molecule has 1 aromatic rings. The second-order valence-corrected chi connectivity index (χ2v) is 3.79. The fraction of sp³-hybridized carbons (Fsp3) is 0.364. The summed E-state index contributed by atoms with van der Waals surface area (Å²) in [4.78, 5) is 0.996. The van der Waals surface area contributed by atoms with Gasteiger partial charge in [0, 0.05) is 17.8 Å². The lowest BCUT2D eigenvalue weighted by Crippen LogP contribution is -2.36. The van der Waals surface area contributed by atoms with Gasteiger partial charge in [0.1, 0.15) is 6.54 Å². The first-order chi connectivity index (χ1) is 8.87. The molecule has 0 bridgehead atoms. The minimum atomic E-state index is -4.36. The first-order valence-corrected chi connectivity index (χ1v) is 5.38. The lowest BCUT2D eigenvalue weighted by molar-refractivity contribution is -0.119. The number of benzene rings is 1. The van der Waals surface area contributed by atoms with Crippen LogP contribution < -0.4 is 10.6 Å². The molecule has 0 saturated carbocycles. The Morgan fingerprint density at radius 3 is 2.26 bits per heavy atom. The average molecular weight is 277 g/mol. The molecule has 8 heteroatoms. The van der Waals surface area contributed by atoms with Crippen LogP contribution in [0.5, 0.6) is 0 Å². The van der Waals surface area contributed by atoms with Crippen molar-refractivity contribution in [3.8, 4) is 0 Å². The summed E-state index contributed by atoms with van der Waals surface area (Å²) >= 11 is 0. The average Bonchev–Trinajstić information content (AvgIpc) is 2.36. The zero-order valence-electron chi connectivity index (χ0n) is 9.93. The van der Waals surface area contributed by atoms with Gasteiger partial charge in [-0.1, -0.05) is 5.16 Å². The molecular weight excluding hydrogens is 263 g/mol. The number of alkyl halides is 3. The van der Waals surface area contributed by atoms with Gasteiger partial charge in [0.25, 0.3) is 0 Å². The third-order valence-electron chi connectivity index (χ3n) is 2.38. The van der Waals surface area contributed by atoms with Crippen LogP contribution in [0.15, 0.2) is 29.4 Å². The number of halogens is 3. The minimum absolute atomic E-state index is 0.129. The smallest absolute Gasteiger partial charge is 0.405 e. The van der Waals surface area contributed by atoms with Crippen LogP contribution in [0.3, 0.4) is 0 Å². The van der Waals surface area contributed by atoms with Crippen LogP contribution in [0.4, 0.5) is 18.9 Å². The Hall–Kier alpha value is -1.96. The molecule has 5 nitrogen and oxygen atoms in total. The standard InChI is InChI=1S/C11H14F3N3O2/c12-11(13,14)7-17(5-6-18)9-3-1-8(2-4-9)10(15)16-19/h1-4,18-19H,5-7H2,(H2,15,16). The van der Waals surface area contributed by atoms with Gasteiger partial charge in [0.2, 0.25) is 0 Å². The number of hydrogen-bond donors (Lipinski definition) is 3. The largest absolute Gasteiger partial charge is 0.409 e. The molecule has 0 aromatic heterocycles. The highest BCUT2D eigenvalue weighted by molar-refractivity contribution is 5.97. The summed E-state index contributed by atoms with van der Waals surface area (Å²) in [5, 5.41) is 20.1. The number of aliphatic hydroxyl groups excluding tert-OH is 1. The van der Waals surface area contributed by atoms with Crippen molar-refractivity contribution in [3.05, 3.63) is 29.8 Å². The Kier molecular flexibility index (Phi) is 4.99. The highest BCUT2D eigenvalue weighted by atomic mass is 19.4. The van der Waals surface area contributed by atoms with Gasteiger partial charge in [-0.15, -0.1) is 0 Å². The van der Waals surface area contributed by atoms with Crippen LogP contribution in [0.2, 0.25) is 0 Å². The Bertz CT molecular complexity index is 432. The van der Waals surface area contributed by atoms with E-state index in [1.165, 1.54) is 24.3 Å². The van der Waals surface area contributed by atoms with E-state index in [-0.39, 0.29) is 12.4 Å². The van der Waals surface area contributed by atoms with E-state index in [1.807, 2.05) is 0 Å². The predicted octanol–water partition coefficient (Wildman–Crippen LogP) is 1.14. The normalized spacial score (nSPS) is 12.5. The maximum Gasteiger partial charge on any atom is 0.405 e. The number of nitrogens with zero attached hydrogens (tertiary/aromatic N) is 2. The van der Waals surface area contributed by atoms with Gasteiger partial charge in [-0.3, -0.25) is 0 Å². The number of anilines is 1. The van der Waals surface area contributed by atoms with Crippen molar-refractivity contribution in [2.24, 2.45) is 10.9 Å². The van der Waals surface area contributed by atoms with E-state index in [4.69, 9.17) is 16.0 Å². The van der Waals surface area contributed by atoms with Gasteiger partial charge in [0.05, 0.1) is 6.61 Å². The van der Waals surface area contributed by atoms with Crippen molar-refractivity contribution in [1.29, 1.82) is 0 Å². The van der Waals surface area contributed by atoms with Crippen LogP contribution in [0, 0.1) is 0 Å². The number of oxime groups is 1. The monoisotopic (exact) mass is 277 g/mol. The Morgan fingerprint density at radius 1 is 1.26 bits per heavy atom. The molecule has 0 radical (unpaired) electrons. The molecular formula is C11H14F3N3O2. The summed E-state index contributed by atoms with van der Waals surface area (Å²) in [6.45, 7) is -1.68. The van der Waals surface area contributed by atoms with Gasteiger partial charge >= 0.3 is 6.18 Å². The van der Waals surface area contributed by atoms with E-state index >= 15 is 0 Å². The van der Waals surface area contributed by atoms with Crippen LogP contribution in [-0.2, 0) is 0 Å². The van der Waals surface area contributed by atoms with Gasteiger partial charge in [0.15, 0.2) is 5.84 Å². The molecule has 4 N–H and O–H groups in total. The number of nitrogens with two attached hydrogens (primary N) is 1. The van der Waals surface area contributed by atoms with E-state index in [0.29, 0.717) is 11.3 Å². The Morgan fingerprint density at radius 2 is 1.84 bits per heavy atom. The molecule has 0 saturated heterocycles. The van der Waals surface area contributed by atoms with E-state index in [1.54, 1.807) is 0 Å². The van der Waals surface area contributed by atoms with E-state index in [2.05, 4.69) is 5.16 Å². The van der Waals surface area contributed by atoms with Gasteiger partial charge in [-0.25, -0.2) is 0 Å². The Balaban J connectivity index is 2.91. The van der Waals surface area contributed by atoms with Crippen molar-refractivity contribution in [2.45, 2.75) is 6.18 Å². The SMILES string of the molecule is N/C(=N/O)c1ccc(N(CCO)CC(F)(F)F)cc1. The maximum absolute atomic E-state index is 12.4. The Labute approximate surface area is 107 Å². The summed E-state index contributed by atoms with van der Waals surface area (Å²) in [5.41, 5.74) is 6.03. The fourth-order valence-electron chi connectivity index (χ4n) is 1.54. The fourth-order valence-corrected chi connectivity index (χ4v) is 1.54. The number of amidine groups is 1. The zero-order chi connectivity index (χ0) is 14.5. The van der Waals surface area contributed by atoms with E-state index in [9.17, 15) is 13.2 Å². The van der Waals surface area contributed by atoms with Crippen molar-refractivity contribution in [2.75, 3.05) is 24.6 Å². The van der Waals surface area contributed by atoms with Crippen LogP contribution in [-0.4, -0.2) is 42.0 Å². The van der Waals surface area contributed by atoms with Gasteiger partial charge in [-0.2, -0.15) is 13.2 Å². The molecule has 0 amide bonds. The lowest BCUT2D eigenvalue weighted by atomic mass is 10.2. The topological polar surface area (TPSA) is 82.1 Å². The number of rotatable bonds is 5. The number of aliphatic hydroxyl groups is 1. The molecule has 0 unspecified atom stereocenters. The minimum Gasteiger partial charge on any atom is -0.409 e. The lowest BCUT2D eigenvalue weighted by Gasteiger charge is -2.25. The molecule has 1 aromatic carbocycles. The van der Waals surface area contributed by atoms with Gasteiger partial charge in [-0.05, 0) is 24.3 Å². The third-order valence-corrected chi connectivity index (χ3v) is 2.38.